The maximum absolute atomic E-state index is 13.6. The minimum atomic E-state index is -0.901. The number of aliphatic hydroxyl groups excluding tert-OH is 1. The molecule has 3 aromatic rings. The molecule has 1 atom stereocenters. The third-order valence-corrected chi connectivity index (χ3v) is 6.30. The minimum Gasteiger partial charge on any atom is -0.507 e. The molecule has 0 bridgehead atoms. The van der Waals surface area contributed by atoms with Crippen molar-refractivity contribution < 1.29 is 28.9 Å². The Hall–Kier alpha value is -4.26. The van der Waals surface area contributed by atoms with Crippen LogP contribution in [-0.4, -0.2) is 37.6 Å². The second kappa shape index (κ2) is 10.8. The van der Waals surface area contributed by atoms with Crippen molar-refractivity contribution in [2.75, 3.05) is 25.7 Å². The van der Waals surface area contributed by atoms with E-state index in [1.807, 2.05) is 26.8 Å². The number of rotatable bonds is 8. The monoisotopic (exact) mass is 501 g/mol. The number of benzene rings is 3. The third kappa shape index (κ3) is 4.89. The molecule has 1 aliphatic rings. The Morgan fingerprint density at radius 1 is 0.946 bits per heavy atom. The fraction of sp³-hybridized carbons (Fsp3) is 0.267. The maximum Gasteiger partial charge on any atom is 0.300 e. The van der Waals surface area contributed by atoms with Gasteiger partial charge in [-0.1, -0.05) is 31.2 Å². The van der Waals surface area contributed by atoms with Crippen molar-refractivity contribution in [1.29, 1.82) is 0 Å². The highest BCUT2D eigenvalue weighted by atomic mass is 16.5. The Morgan fingerprint density at radius 2 is 1.68 bits per heavy atom. The molecule has 4 rings (SSSR count). The standard InChI is InChI=1S/C30H31NO6/c1-6-13-37-23-12-8-10-21(17-23)31-26(20-9-7-11-22(16-20)35-4)25(28(33)30(31)34)27(32)24-15-18(2)14-19(3)29(24)36-5/h7-12,14-17,26,32H,6,13H2,1-5H3/b27-25+. The summed E-state index contributed by atoms with van der Waals surface area (Å²) in [6.07, 6.45) is 0.830. The lowest BCUT2D eigenvalue weighted by molar-refractivity contribution is -0.132. The Labute approximate surface area is 216 Å². The molecule has 1 fully saturated rings. The maximum atomic E-state index is 13.6. The summed E-state index contributed by atoms with van der Waals surface area (Å²) < 4.78 is 16.8. The minimum absolute atomic E-state index is 0.0265. The first-order chi connectivity index (χ1) is 17.8. The first-order valence-corrected chi connectivity index (χ1v) is 12.1. The molecule has 0 saturated carbocycles. The lowest BCUT2D eigenvalue weighted by Gasteiger charge is -2.26. The number of aliphatic hydroxyl groups is 1. The Morgan fingerprint density at radius 3 is 2.38 bits per heavy atom. The highest BCUT2D eigenvalue weighted by Crippen LogP contribution is 2.45. The normalized spacial score (nSPS) is 16.7. The summed E-state index contributed by atoms with van der Waals surface area (Å²) in [5.41, 5.74) is 3.11. The van der Waals surface area contributed by atoms with Crippen molar-refractivity contribution in [2.24, 2.45) is 0 Å². The molecule has 3 aromatic carbocycles. The largest absolute Gasteiger partial charge is 0.507 e. The quantitative estimate of drug-likeness (QED) is 0.241. The van der Waals surface area contributed by atoms with Crippen LogP contribution in [0.4, 0.5) is 5.69 Å². The molecule has 1 saturated heterocycles. The summed E-state index contributed by atoms with van der Waals surface area (Å²) in [4.78, 5) is 28.5. The fourth-order valence-corrected chi connectivity index (χ4v) is 4.72. The molecular weight excluding hydrogens is 470 g/mol. The van der Waals surface area contributed by atoms with Gasteiger partial charge in [0, 0.05) is 11.8 Å². The Balaban J connectivity index is 1.97. The van der Waals surface area contributed by atoms with Gasteiger partial charge in [-0.25, -0.2) is 0 Å². The molecule has 7 heteroatoms. The van der Waals surface area contributed by atoms with Gasteiger partial charge in [-0.2, -0.15) is 0 Å². The van der Waals surface area contributed by atoms with Gasteiger partial charge in [0.15, 0.2) is 0 Å². The molecular formula is C30H31NO6. The number of hydrogen-bond donors (Lipinski definition) is 1. The molecule has 37 heavy (non-hydrogen) atoms. The highest BCUT2D eigenvalue weighted by Gasteiger charge is 2.47. The van der Waals surface area contributed by atoms with Gasteiger partial charge in [0.05, 0.1) is 38.0 Å². The van der Waals surface area contributed by atoms with E-state index >= 15 is 0 Å². The average molecular weight is 502 g/mol. The summed E-state index contributed by atoms with van der Waals surface area (Å²) in [7, 11) is 3.05. The first-order valence-electron chi connectivity index (χ1n) is 12.1. The summed E-state index contributed by atoms with van der Waals surface area (Å²) in [5, 5.41) is 11.6. The number of carbonyl (C=O) groups is 2. The van der Waals surface area contributed by atoms with E-state index in [0.717, 1.165) is 17.5 Å². The van der Waals surface area contributed by atoms with Gasteiger partial charge in [0.2, 0.25) is 0 Å². The van der Waals surface area contributed by atoms with Crippen LogP contribution >= 0.6 is 0 Å². The predicted molar refractivity (Wildman–Crippen MR) is 142 cm³/mol. The Bertz CT molecular complexity index is 1380. The second-order valence-corrected chi connectivity index (χ2v) is 8.95. The van der Waals surface area contributed by atoms with E-state index in [1.165, 1.54) is 12.0 Å². The van der Waals surface area contributed by atoms with E-state index in [4.69, 9.17) is 14.2 Å². The summed E-state index contributed by atoms with van der Waals surface area (Å²) in [5.74, 6) is -0.241. The van der Waals surface area contributed by atoms with E-state index in [9.17, 15) is 14.7 Å². The molecule has 7 nitrogen and oxygen atoms in total. The molecule has 1 unspecified atom stereocenters. The van der Waals surface area contributed by atoms with E-state index in [1.54, 1.807) is 61.7 Å². The third-order valence-electron chi connectivity index (χ3n) is 6.30. The lowest BCUT2D eigenvalue weighted by atomic mass is 9.93. The summed E-state index contributed by atoms with van der Waals surface area (Å²) in [6, 6.07) is 16.9. The molecule has 0 radical (unpaired) electrons. The van der Waals surface area contributed by atoms with Crippen LogP contribution in [0.3, 0.4) is 0 Å². The lowest BCUT2D eigenvalue weighted by Crippen LogP contribution is -2.29. The van der Waals surface area contributed by atoms with Gasteiger partial charge in [0.1, 0.15) is 23.0 Å². The molecule has 1 aliphatic heterocycles. The van der Waals surface area contributed by atoms with Crippen molar-refractivity contribution in [3.63, 3.8) is 0 Å². The van der Waals surface area contributed by atoms with Gasteiger partial charge < -0.3 is 19.3 Å². The SMILES string of the molecule is CCCOc1cccc(N2C(=O)C(=O)/C(=C(/O)c3cc(C)cc(C)c3OC)C2c2cccc(OC)c2)c1. The zero-order valence-electron chi connectivity index (χ0n) is 21.7. The molecule has 0 aliphatic carbocycles. The van der Waals surface area contributed by atoms with Gasteiger partial charge in [-0.05, 0) is 67.3 Å². The summed E-state index contributed by atoms with van der Waals surface area (Å²) in [6.45, 7) is 6.28. The van der Waals surface area contributed by atoms with Gasteiger partial charge in [-0.3, -0.25) is 14.5 Å². The van der Waals surface area contributed by atoms with Crippen LogP contribution in [0.5, 0.6) is 17.2 Å². The number of amides is 1. The Kier molecular flexibility index (Phi) is 7.53. The van der Waals surface area contributed by atoms with Crippen molar-refractivity contribution in [3.05, 3.63) is 88.5 Å². The highest BCUT2D eigenvalue weighted by molar-refractivity contribution is 6.51. The zero-order valence-corrected chi connectivity index (χ0v) is 21.7. The number of methoxy groups -OCH3 is 2. The number of aryl methyl sites for hydroxylation is 2. The van der Waals surface area contributed by atoms with Gasteiger partial charge >= 0.3 is 0 Å². The van der Waals surface area contributed by atoms with Crippen molar-refractivity contribution in [2.45, 2.75) is 33.2 Å². The summed E-state index contributed by atoms with van der Waals surface area (Å²) >= 11 is 0. The molecule has 0 spiro atoms. The van der Waals surface area contributed by atoms with Crippen molar-refractivity contribution in [1.82, 2.24) is 0 Å². The van der Waals surface area contributed by atoms with Crippen LogP contribution in [0.15, 0.2) is 66.2 Å². The number of ether oxygens (including phenoxy) is 3. The van der Waals surface area contributed by atoms with Crippen LogP contribution < -0.4 is 19.1 Å². The van der Waals surface area contributed by atoms with E-state index in [-0.39, 0.29) is 11.3 Å². The van der Waals surface area contributed by atoms with Crippen LogP contribution in [-0.2, 0) is 9.59 Å². The molecule has 0 aromatic heterocycles. The first kappa shape index (κ1) is 25.8. The average Bonchev–Trinajstić information content (AvgIpc) is 3.17. The van der Waals surface area contributed by atoms with Crippen LogP contribution in [0.25, 0.3) is 5.76 Å². The predicted octanol–water partition coefficient (Wildman–Crippen LogP) is 5.74. The number of anilines is 1. The van der Waals surface area contributed by atoms with Crippen LogP contribution in [0, 0.1) is 13.8 Å². The molecule has 192 valence electrons. The number of nitrogens with zero attached hydrogens (tertiary/aromatic N) is 1. The van der Waals surface area contributed by atoms with Crippen LogP contribution in [0.1, 0.15) is 41.6 Å². The van der Waals surface area contributed by atoms with Gasteiger partial charge in [-0.15, -0.1) is 0 Å². The van der Waals surface area contributed by atoms with E-state index in [0.29, 0.717) is 40.7 Å². The number of Topliss-reactive ketones (excluding diaryl/α,β-unsaturated/α-hetero) is 1. The van der Waals surface area contributed by atoms with Crippen molar-refractivity contribution >= 4 is 23.1 Å². The van der Waals surface area contributed by atoms with E-state index < -0.39 is 17.7 Å². The molecule has 1 heterocycles. The molecule has 1 amide bonds. The van der Waals surface area contributed by atoms with Crippen LogP contribution in [0.2, 0.25) is 0 Å². The van der Waals surface area contributed by atoms with Gasteiger partial charge in [0.25, 0.3) is 11.7 Å². The van der Waals surface area contributed by atoms with E-state index in [2.05, 4.69) is 0 Å². The topological polar surface area (TPSA) is 85.3 Å². The fourth-order valence-electron chi connectivity index (χ4n) is 4.72. The number of carbonyl (C=O) groups excluding carboxylic acids is 2. The van der Waals surface area contributed by atoms with Crippen molar-refractivity contribution in [3.8, 4) is 17.2 Å². The number of hydrogen-bond acceptors (Lipinski definition) is 6. The molecule has 1 N–H and O–H groups in total. The second-order valence-electron chi connectivity index (χ2n) is 8.95. The zero-order chi connectivity index (χ0) is 26.7. The smallest absolute Gasteiger partial charge is 0.300 e. The number of ketones is 1.